The molecule has 1 aromatic rings. The topological polar surface area (TPSA) is 63.2 Å². The van der Waals surface area contributed by atoms with Crippen molar-refractivity contribution >= 4 is 15.7 Å². The van der Waals surface area contributed by atoms with Gasteiger partial charge in [-0.1, -0.05) is 19.1 Å². The summed E-state index contributed by atoms with van der Waals surface area (Å²) in [5.74, 6) is -0.284. The van der Waals surface area contributed by atoms with Gasteiger partial charge in [-0.25, -0.2) is 8.42 Å². The van der Waals surface area contributed by atoms with E-state index in [1.54, 1.807) is 19.2 Å². The van der Waals surface area contributed by atoms with Gasteiger partial charge in [0.2, 0.25) is 5.91 Å². The van der Waals surface area contributed by atoms with Crippen molar-refractivity contribution in [3.8, 4) is 0 Å². The van der Waals surface area contributed by atoms with Crippen LogP contribution in [0, 0.1) is 0 Å². The van der Waals surface area contributed by atoms with Crippen LogP contribution in [0.15, 0.2) is 29.2 Å². The number of sulfone groups is 1. The molecular weight excluding hydrogens is 238 g/mol. The molecule has 17 heavy (non-hydrogen) atoms. The molecule has 1 amide bonds. The molecule has 0 saturated heterocycles. The van der Waals surface area contributed by atoms with Crippen LogP contribution in [0.3, 0.4) is 0 Å². The largest absolute Gasteiger partial charge is 0.359 e. The van der Waals surface area contributed by atoms with Crippen LogP contribution in [-0.2, 0) is 14.6 Å². The average molecular weight is 255 g/mol. The van der Waals surface area contributed by atoms with E-state index in [1.165, 1.54) is 12.1 Å². The lowest BCUT2D eigenvalue weighted by Gasteiger charge is -2.13. The van der Waals surface area contributed by atoms with Gasteiger partial charge in [-0.3, -0.25) is 4.79 Å². The molecule has 1 rings (SSSR count). The molecule has 0 aromatic heterocycles. The van der Waals surface area contributed by atoms with Crippen LogP contribution >= 0.6 is 0 Å². The summed E-state index contributed by atoms with van der Waals surface area (Å²) in [4.78, 5) is 11.9. The highest BCUT2D eigenvalue weighted by atomic mass is 32.2. The van der Waals surface area contributed by atoms with E-state index in [2.05, 4.69) is 5.32 Å². The van der Waals surface area contributed by atoms with Crippen molar-refractivity contribution in [2.24, 2.45) is 0 Å². The lowest BCUT2D eigenvalue weighted by molar-refractivity contribution is -0.122. The fourth-order valence-electron chi connectivity index (χ4n) is 1.69. The smallest absolute Gasteiger partial charge is 0.227 e. The van der Waals surface area contributed by atoms with Crippen molar-refractivity contribution in [2.45, 2.75) is 24.2 Å². The molecule has 0 heterocycles. The second kappa shape index (κ2) is 5.31. The van der Waals surface area contributed by atoms with Gasteiger partial charge in [-0.2, -0.15) is 0 Å². The molecule has 0 saturated carbocycles. The molecule has 0 aliphatic carbocycles. The highest BCUT2D eigenvalue weighted by molar-refractivity contribution is 7.90. The fourth-order valence-corrected chi connectivity index (χ4v) is 2.32. The van der Waals surface area contributed by atoms with Gasteiger partial charge in [0.25, 0.3) is 0 Å². The predicted octanol–water partition coefficient (Wildman–Crippen LogP) is 1.33. The zero-order chi connectivity index (χ0) is 13.1. The Labute approximate surface area is 102 Å². The van der Waals surface area contributed by atoms with Gasteiger partial charge < -0.3 is 5.32 Å². The Morgan fingerprint density at radius 3 is 2.18 bits per heavy atom. The van der Waals surface area contributed by atoms with E-state index in [4.69, 9.17) is 0 Å². The molecule has 5 heteroatoms. The minimum atomic E-state index is -3.18. The lowest BCUT2D eigenvalue weighted by Crippen LogP contribution is -2.25. The number of carbonyl (C=O) groups excluding carboxylic acids is 1. The third-order valence-corrected chi connectivity index (χ3v) is 3.81. The van der Waals surface area contributed by atoms with E-state index in [0.29, 0.717) is 6.42 Å². The van der Waals surface area contributed by atoms with Crippen LogP contribution < -0.4 is 5.32 Å². The van der Waals surface area contributed by atoms with Gasteiger partial charge in [-0.15, -0.1) is 0 Å². The highest BCUT2D eigenvalue weighted by Gasteiger charge is 2.17. The molecule has 1 atom stereocenters. The third kappa shape index (κ3) is 3.30. The number of hydrogen-bond donors (Lipinski definition) is 1. The Morgan fingerprint density at radius 1 is 1.29 bits per heavy atom. The molecular formula is C12H17NO3S. The van der Waals surface area contributed by atoms with Crippen molar-refractivity contribution in [1.29, 1.82) is 0 Å². The molecule has 0 spiro atoms. The van der Waals surface area contributed by atoms with Crippen molar-refractivity contribution in [1.82, 2.24) is 5.32 Å². The van der Waals surface area contributed by atoms with Gasteiger partial charge in [0, 0.05) is 13.3 Å². The van der Waals surface area contributed by atoms with E-state index >= 15 is 0 Å². The summed E-state index contributed by atoms with van der Waals surface area (Å²) < 4.78 is 22.6. The number of rotatable bonds is 4. The Hall–Kier alpha value is -1.36. The van der Waals surface area contributed by atoms with Crippen molar-refractivity contribution in [3.05, 3.63) is 29.8 Å². The molecule has 94 valence electrons. The number of hydrogen-bond acceptors (Lipinski definition) is 3. The molecule has 0 radical (unpaired) electrons. The molecule has 0 aliphatic rings. The van der Waals surface area contributed by atoms with E-state index in [1.807, 2.05) is 6.92 Å². The van der Waals surface area contributed by atoms with Crippen LogP contribution in [-0.4, -0.2) is 27.6 Å². The zero-order valence-corrected chi connectivity index (χ0v) is 11.0. The second-order valence-electron chi connectivity index (χ2n) is 3.92. The summed E-state index contributed by atoms with van der Waals surface area (Å²) >= 11 is 0. The highest BCUT2D eigenvalue weighted by Crippen LogP contribution is 2.21. The first-order valence-corrected chi connectivity index (χ1v) is 7.31. The Morgan fingerprint density at radius 2 is 1.82 bits per heavy atom. The summed E-state index contributed by atoms with van der Waals surface area (Å²) in [7, 11) is -1.59. The zero-order valence-electron chi connectivity index (χ0n) is 10.2. The van der Waals surface area contributed by atoms with E-state index in [9.17, 15) is 13.2 Å². The Kier molecular flexibility index (Phi) is 4.28. The van der Waals surface area contributed by atoms with Crippen LogP contribution in [0.25, 0.3) is 0 Å². The van der Waals surface area contributed by atoms with Crippen molar-refractivity contribution < 1.29 is 13.2 Å². The molecule has 0 aliphatic heterocycles. The number of carbonyl (C=O) groups is 1. The monoisotopic (exact) mass is 255 g/mol. The lowest BCUT2D eigenvalue weighted by atomic mass is 9.96. The van der Waals surface area contributed by atoms with E-state index in [-0.39, 0.29) is 16.7 Å². The second-order valence-corrected chi connectivity index (χ2v) is 5.93. The third-order valence-electron chi connectivity index (χ3n) is 2.68. The standard InChI is InChI=1S/C12H17NO3S/c1-4-11(12(14)13-2)9-5-7-10(8-6-9)17(3,15)16/h5-8,11H,4H2,1-3H3,(H,13,14). The van der Waals surface area contributed by atoms with Crippen LogP contribution in [0.2, 0.25) is 0 Å². The fraction of sp³-hybridized carbons (Fsp3) is 0.417. The average Bonchev–Trinajstić information content (AvgIpc) is 2.29. The van der Waals surface area contributed by atoms with E-state index in [0.717, 1.165) is 11.8 Å². The summed E-state index contributed by atoms with van der Waals surface area (Å²) in [6.07, 6.45) is 1.84. The Balaban J connectivity index is 3.05. The minimum Gasteiger partial charge on any atom is -0.359 e. The van der Waals surface area contributed by atoms with Gasteiger partial charge in [0.1, 0.15) is 0 Å². The molecule has 1 aromatic carbocycles. The van der Waals surface area contributed by atoms with Gasteiger partial charge in [0.15, 0.2) is 9.84 Å². The SMILES string of the molecule is CCC(C(=O)NC)c1ccc(S(C)(=O)=O)cc1. The predicted molar refractivity (Wildman–Crippen MR) is 66.7 cm³/mol. The number of likely N-dealkylation sites (N-methyl/N-ethyl adjacent to an activating group) is 1. The first kappa shape index (κ1) is 13.7. The van der Waals surface area contributed by atoms with Gasteiger partial charge in [0.05, 0.1) is 10.8 Å². The van der Waals surface area contributed by atoms with Crippen LogP contribution in [0.4, 0.5) is 0 Å². The van der Waals surface area contributed by atoms with Crippen molar-refractivity contribution in [3.63, 3.8) is 0 Å². The normalized spacial score (nSPS) is 13.1. The molecule has 0 bridgehead atoms. The molecule has 1 unspecified atom stereocenters. The quantitative estimate of drug-likeness (QED) is 0.882. The van der Waals surface area contributed by atoms with Crippen LogP contribution in [0.5, 0.6) is 0 Å². The van der Waals surface area contributed by atoms with E-state index < -0.39 is 9.84 Å². The molecule has 1 N–H and O–H groups in total. The maximum absolute atomic E-state index is 11.6. The summed E-state index contributed by atoms with van der Waals surface area (Å²) in [5.41, 5.74) is 0.833. The molecule has 4 nitrogen and oxygen atoms in total. The van der Waals surface area contributed by atoms with Crippen molar-refractivity contribution in [2.75, 3.05) is 13.3 Å². The Bertz CT molecular complexity index is 491. The minimum absolute atomic E-state index is 0.0559. The van der Waals surface area contributed by atoms with Gasteiger partial charge >= 0.3 is 0 Å². The number of nitrogens with one attached hydrogen (secondary N) is 1. The summed E-state index contributed by atoms with van der Waals surface area (Å²) in [5, 5.41) is 2.60. The number of benzene rings is 1. The summed E-state index contributed by atoms with van der Waals surface area (Å²) in [6, 6.07) is 6.46. The first-order valence-electron chi connectivity index (χ1n) is 5.41. The molecule has 0 fully saturated rings. The maximum Gasteiger partial charge on any atom is 0.227 e. The van der Waals surface area contributed by atoms with Gasteiger partial charge in [-0.05, 0) is 24.1 Å². The number of amides is 1. The first-order chi connectivity index (χ1) is 7.90. The van der Waals surface area contributed by atoms with Crippen LogP contribution in [0.1, 0.15) is 24.8 Å². The summed E-state index contributed by atoms with van der Waals surface area (Å²) in [6.45, 7) is 1.92. The maximum atomic E-state index is 11.6.